The van der Waals surface area contributed by atoms with Crippen molar-refractivity contribution in [2.75, 3.05) is 26.9 Å². The molecule has 1 aromatic carbocycles. The first-order chi connectivity index (χ1) is 11.1. The average Bonchev–Trinajstić information content (AvgIpc) is 3.02. The molecule has 1 saturated carbocycles. The van der Waals surface area contributed by atoms with Crippen LogP contribution in [0.2, 0.25) is 0 Å². The number of hydrogen-bond acceptors (Lipinski definition) is 4. The summed E-state index contributed by atoms with van der Waals surface area (Å²) >= 11 is 0. The van der Waals surface area contributed by atoms with Gasteiger partial charge in [0.1, 0.15) is 5.82 Å². The first-order valence-electron chi connectivity index (χ1n) is 7.98. The molecule has 1 aliphatic carbocycles. The molecule has 0 atom stereocenters. The molecule has 0 bridgehead atoms. The molecule has 1 amide bonds. The van der Waals surface area contributed by atoms with Crippen LogP contribution in [0.25, 0.3) is 0 Å². The number of benzene rings is 1. The highest BCUT2D eigenvalue weighted by atomic mass is 35.5. The van der Waals surface area contributed by atoms with Crippen LogP contribution in [0.3, 0.4) is 0 Å². The van der Waals surface area contributed by atoms with Gasteiger partial charge in [-0.05, 0) is 31.0 Å². The Balaban J connectivity index is 0.00000288. The standard InChI is InChI=1S/C17H25FN2O3.ClH/c1-22-8-9-23-11-14-10-13(4-5-15(14)18)16(21)20-17(12-19)6-2-3-7-17;/h4-5,10H,2-3,6-9,11-12,19H2,1H3,(H,20,21);1H. The van der Waals surface area contributed by atoms with Gasteiger partial charge >= 0.3 is 0 Å². The molecule has 7 heteroatoms. The lowest BCUT2D eigenvalue weighted by molar-refractivity contribution is 0.0603. The number of nitrogens with one attached hydrogen (secondary N) is 1. The quantitative estimate of drug-likeness (QED) is 0.698. The number of hydrogen-bond donors (Lipinski definition) is 2. The van der Waals surface area contributed by atoms with Gasteiger partial charge in [0.15, 0.2) is 0 Å². The average molecular weight is 361 g/mol. The Hall–Kier alpha value is -1.21. The van der Waals surface area contributed by atoms with Crippen LogP contribution >= 0.6 is 12.4 Å². The first-order valence-corrected chi connectivity index (χ1v) is 7.98. The number of carbonyl (C=O) groups is 1. The third kappa shape index (κ3) is 5.41. The van der Waals surface area contributed by atoms with Gasteiger partial charge in [-0.1, -0.05) is 12.8 Å². The summed E-state index contributed by atoms with van der Waals surface area (Å²) in [5.41, 5.74) is 6.31. The number of carbonyl (C=O) groups excluding carboxylic acids is 1. The molecule has 0 unspecified atom stereocenters. The van der Waals surface area contributed by atoms with E-state index in [9.17, 15) is 9.18 Å². The van der Waals surface area contributed by atoms with Gasteiger partial charge in [-0.15, -0.1) is 12.4 Å². The Bertz CT molecular complexity index is 537. The van der Waals surface area contributed by atoms with Crippen LogP contribution in [0, 0.1) is 5.82 Å². The van der Waals surface area contributed by atoms with Gasteiger partial charge in [-0.25, -0.2) is 4.39 Å². The molecule has 1 aliphatic rings. The minimum atomic E-state index is -0.381. The Labute approximate surface area is 148 Å². The van der Waals surface area contributed by atoms with Crippen LogP contribution in [0.4, 0.5) is 4.39 Å². The van der Waals surface area contributed by atoms with Gasteiger partial charge in [0.2, 0.25) is 0 Å². The number of ether oxygens (including phenoxy) is 2. The molecule has 2 rings (SSSR count). The second-order valence-electron chi connectivity index (χ2n) is 6.00. The molecule has 0 aliphatic heterocycles. The summed E-state index contributed by atoms with van der Waals surface area (Å²) in [4.78, 5) is 12.5. The molecule has 136 valence electrons. The van der Waals surface area contributed by atoms with E-state index in [0.29, 0.717) is 30.9 Å². The monoisotopic (exact) mass is 360 g/mol. The maximum Gasteiger partial charge on any atom is 0.251 e. The maximum absolute atomic E-state index is 13.8. The minimum absolute atomic E-state index is 0. The number of halogens is 2. The van der Waals surface area contributed by atoms with Crippen molar-refractivity contribution in [3.63, 3.8) is 0 Å². The molecule has 0 radical (unpaired) electrons. The van der Waals surface area contributed by atoms with Crippen LogP contribution in [0.15, 0.2) is 18.2 Å². The highest BCUT2D eigenvalue weighted by molar-refractivity contribution is 5.95. The van der Waals surface area contributed by atoms with Crippen LogP contribution in [-0.4, -0.2) is 38.3 Å². The largest absolute Gasteiger partial charge is 0.382 e. The summed E-state index contributed by atoms with van der Waals surface area (Å²) in [5.74, 6) is -0.594. The normalized spacial score (nSPS) is 15.8. The molecule has 1 aromatic rings. The molecule has 0 saturated heterocycles. The minimum Gasteiger partial charge on any atom is -0.382 e. The van der Waals surface area contributed by atoms with Crippen molar-refractivity contribution < 1.29 is 18.7 Å². The first kappa shape index (κ1) is 20.8. The molecular formula is C17H26ClFN2O3. The van der Waals surface area contributed by atoms with Crippen molar-refractivity contribution in [3.05, 3.63) is 35.1 Å². The second kappa shape index (κ2) is 9.93. The predicted molar refractivity (Wildman–Crippen MR) is 92.9 cm³/mol. The van der Waals surface area contributed by atoms with Crippen molar-refractivity contribution in [2.45, 2.75) is 37.8 Å². The zero-order chi connectivity index (χ0) is 16.7. The molecule has 0 heterocycles. The predicted octanol–water partition coefficient (Wildman–Crippen LogP) is 2.41. The number of nitrogens with two attached hydrogens (primary N) is 1. The summed E-state index contributed by atoms with van der Waals surface area (Å²) in [6.45, 7) is 1.36. The lowest BCUT2D eigenvalue weighted by atomic mass is 9.97. The fourth-order valence-electron chi connectivity index (χ4n) is 2.90. The maximum atomic E-state index is 13.8. The lowest BCUT2D eigenvalue weighted by Crippen LogP contribution is -2.51. The van der Waals surface area contributed by atoms with E-state index in [1.807, 2.05) is 0 Å². The van der Waals surface area contributed by atoms with Gasteiger partial charge in [0.05, 0.1) is 25.4 Å². The zero-order valence-corrected chi connectivity index (χ0v) is 14.8. The van der Waals surface area contributed by atoms with Gasteiger partial charge in [0.25, 0.3) is 5.91 Å². The third-order valence-corrected chi connectivity index (χ3v) is 4.33. The number of rotatable bonds is 8. The summed E-state index contributed by atoms with van der Waals surface area (Å²) in [5, 5.41) is 3.03. The summed E-state index contributed by atoms with van der Waals surface area (Å²) in [6.07, 6.45) is 3.92. The molecule has 5 nitrogen and oxygen atoms in total. The SMILES string of the molecule is COCCOCc1cc(C(=O)NC2(CN)CCCC2)ccc1F.Cl. The number of amides is 1. The second-order valence-corrected chi connectivity index (χ2v) is 6.00. The van der Waals surface area contributed by atoms with Gasteiger partial charge < -0.3 is 20.5 Å². The van der Waals surface area contributed by atoms with Gasteiger partial charge in [-0.3, -0.25) is 4.79 Å². The molecule has 3 N–H and O–H groups in total. The zero-order valence-electron chi connectivity index (χ0n) is 14.0. The summed E-state index contributed by atoms with van der Waals surface area (Å²) in [6, 6.07) is 4.33. The van der Waals surface area contributed by atoms with Crippen LogP contribution < -0.4 is 11.1 Å². The van der Waals surface area contributed by atoms with E-state index in [1.165, 1.54) is 18.2 Å². The van der Waals surface area contributed by atoms with Gasteiger partial charge in [-0.2, -0.15) is 0 Å². The van der Waals surface area contributed by atoms with Crippen molar-refractivity contribution in [1.29, 1.82) is 0 Å². The summed E-state index contributed by atoms with van der Waals surface area (Å²) in [7, 11) is 1.57. The van der Waals surface area contributed by atoms with E-state index in [4.69, 9.17) is 15.2 Å². The van der Waals surface area contributed by atoms with E-state index in [0.717, 1.165) is 25.7 Å². The smallest absolute Gasteiger partial charge is 0.251 e. The Morgan fingerprint density at radius 2 is 2.04 bits per heavy atom. The third-order valence-electron chi connectivity index (χ3n) is 4.33. The highest BCUT2D eigenvalue weighted by Gasteiger charge is 2.34. The fourth-order valence-corrected chi connectivity index (χ4v) is 2.90. The van der Waals surface area contributed by atoms with E-state index in [2.05, 4.69) is 5.32 Å². The molecular weight excluding hydrogens is 335 g/mol. The van der Waals surface area contributed by atoms with E-state index in [1.54, 1.807) is 7.11 Å². The van der Waals surface area contributed by atoms with Gasteiger partial charge in [0, 0.05) is 24.8 Å². The molecule has 0 spiro atoms. The van der Waals surface area contributed by atoms with E-state index in [-0.39, 0.29) is 36.3 Å². The van der Waals surface area contributed by atoms with E-state index < -0.39 is 0 Å². The number of methoxy groups -OCH3 is 1. The van der Waals surface area contributed by atoms with Crippen molar-refractivity contribution >= 4 is 18.3 Å². The topological polar surface area (TPSA) is 73.6 Å². The molecule has 1 fully saturated rings. The van der Waals surface area contributed by atoms with Crippen LogP contribution in [-0.2, 0) is 16.1 Å². The molecule has 24 heavy (non-hydrogen) atoms. The van der Waals surface area contributed by atoms with Crippen molar-refractivity contribution in [3.8, 4) is 0 Å². The Kier molecular flexibility index (Phi) is 8.62. The molecule has 0 aromatic heterocycles. The van der Waals surface area contributed by atoms with Crippen molar-refractivity contribution in [1.82, 2.24) is 5.32 Å². The highest BCUT2D eigenvalue weighted by Crippen LogP contribution is 2.29. The lowest BCUT2D eigenvalue weighted by Gasteiger charge is -2.28. The Morgan fingerprint density at radius 1 is 1.33 bits per heavy atom. The summed E-state index contributed by atoms with van der Waals surface area (Å²) < 4.78 is 24.0. The van der Waals surface area contributed by atoms with Crippen LogP contribution in [0.1, 0.15) is 41.6 Å². The Morgan fingerprint density at radius 3 is 2.67 bits per heavy atom. The van der Waals surface area contributed by atoms with Crippen molar-refractivity contribution in [2.24, 2.45) is 5.73 Å². The van der Waals surface area contributed by atoms with E-state index >= 15 is 0 Å². The fraction of sp³-hybridized carbons (Fsp3) is 0.588. The van der Waals surface area contributed by atoms with Crippen LogP contribution in [0.5, 0.6) is 0 Å².